The van der Waals surface area contributed by atoms with Crippen LogP contribution in [-0.2, 0) is 9.53 Å². The fraction of sp³-hybridized carbons (Fsp3) is 0.875. The lowest BCUT2D eigenvalue weighted by molar-refractivity contribution is -0.134. The summed E-state index contributed by atoms with van der Waals surface area (Å²) >= 11 is 0. The average Bonchev–Trinajstić information content (AvgIpc) is 2.34. The van der Waals surface area contributed by atoms with E-state index in [1.807, 2.05) is 32.7 Å². The van der Waals surface area contributed by atoms with Crippen molar-refractivity contribution in [2.45, 2.75) is 45.8 Å². The molecule has 0 unspecified atom stereocenters. The van der Waals surface area contributed by atoms with E-state index in [-0.39, 0.29) is 18.5 Å². The molecule has 0 saturated carbocycles. The fourth-order valence-corrected chi connectivity index (χ4v) is 2.51. The van der Waals surface area contributed by atoms with Crippen LogP contribution in [0.25, 0.3) is 0 Å². The number of carbonyl (C=O) groups excluding carboxylic acids is 2. The maximum Gasteiger partial charge on any atom is 0.410 e. The first-order valence-electron chi connectivity index (χ1n) is 8.04. The summed E-state index contributed by atoms with van der Waals surface area (Å²) in [6, 6.07) is 0. The number of piperazine rings is 1. The summed E-state index contributed by atoms with van der Waals surface area (Å²) in [5, 5.41) is 9.78. The molecule has 0 bridgehead atoms. The number of likely N-dealkylation sites (N-methyl/N-ethyl adjacent to an activating group) is 1. The molecule has 1 aliphatic rings. The Morgan fingerprint density at radius 1 is 1.04 bits per heavy atom. The lowest BCUT2D eigenvalue weighted by Gasteiger charge is -2.36. The van der Waals surface area contributed by atoms with Gasteiger partial charge >= 0.3 is 6.09 Å². The highest BCUT2D eigenvalue weighted by atomic mass is 16.6. The lowest BCUT2D eigenvalue weighted by Crippen LogP contribution is -2.53. The van der Waals surface area contributed by atoms with Crippen LogP contribution in [0, 0.1) is 0 Å². The van der Waals surface area contributed by atoms with Crippen LogP contribution in [0.1, 0.15) is 34.6 Å². The van der Waals surface area contributed by atoms with Crippen LogP contribution >= 0.6 is 0 Å². The monoisotopic (exact) mass is 329 g/mol. The van der Waals surface area contributed by atoms with Gasteiger partial charge in [-0.3, -0.25) is 9.69 Å². The summed E-state index contributed by atoms with van der Waals surface area (Å²) in [6.45, 7) is 11.6. The largest absolute Gasteiger partial charge is 0.444 e. The molecule has 0 spiro atoms. The van der Waals surface area contributed by atoms with Gasteiger partial charge in [0.2, 0.25) is 5.91 Å². The normalized spacial score (nSPS) is 16.7. The number of hydrogen-bond donors (Lipinski definition) is 1. The summed E-state index contributed by atoms with van der Waals surface area (Å²) in [7, 11) is 1.81. The minimum Gasteiger partial charge on any atom is -0.444 e. The standard InChI is InChI=1S/C16H31N3O4/c1-15(2,3)23-14(21)19-9-7-18(8-10-19)13(20)11-17(6)12-16(4,5)22/h22H,7-12H2,1-6H3. The van der Waals surface area contributed by atoms with E-state index >= 15 is 0 Å². The average molecular weight is 329 g/mol. The molecule has 2 amide bonds. The van der Waals surface area contributed by atoms with Crippen LogP contribution < -0.4 is 0 Å². The number of ether oxygens (including phenoxy) is 1. The molecule has 1 heterocycles. The summed E-state index contributed by atoms with van der Waals surface area (Å²) in [4.78, 5) is 29.5. The van der Waals surface area contributed by atoms with E-state index < -0.39 is 11.2 Å². The maximum absolute atomic E-state index is 12.3. The molecule has 0 aliphatic carbocycles. The van der Waals surface area contributed by atoms with Crippen LogP contribution in [0.4, 0.5) is 4.79 Å². The van der Waals surface area contributed by atoms with Gasteiger partial charge in [0.15, 0.2) is 0 Å². The Morgan fingerprint density at radius 2 is 1.52 bits per heavy atom. The Balaban J connectivity index is 2.41. The van der Waals surface area contributed by atoms with Crippen LogP contribution in [0.5, 0.6) is 0 Å². The molecule has 134 valence electrons. The summed E-state index contributed by atoms with van der Waals surface area (Å²) in [5.41, 5.74) is -1.34. The van der Waals surface area contributed by atoms with Crippen molar-refractivity contribution in [3.05, 3.63) is 0 Å². The number of hydrogen-bond acceptors (Lipinski definition) is 5. The molecule has 1 saturated heterocycles. The van der Waals surface area contributed by atoms with E-state index in [1.54, 1.807) is 23.6 Å². The first-order chi connectivity index (χ1) is 10.4. The Kier molecular flexibility index (Phi) is 6.41. The highest BCUT2D eigenvalue weighted by Gasteiger charge is 2.28. The first kappa shape index (κ1) is 19.7. The third-order valence-corrected chi connectivity index (χ3v) is 3.35. The lowest BCUT2D eigenvalue weighted by atomic mass is 10.1. The number of aliphatic hydroxyl groups is 1. The van der Waals surface area contributed by atoms with E-state index in [2.05, 4.69) is 0 Å². The third kappa shape index (κ3) is 7.65. The Hall–Kier alpha value is -1.34. The maximum atomic E-state index is 12.3. The van der Waals surface area contributed by atoms with Crippen molar-refractivity contribution in [2.24, 2.45) is 0 Å². The van der Waals surface area contributed by atoms with Crippen molar-refractivity contribution in [1.82, 2.24) is 14.7 Å². The van der Waals surface area contributed by atoms with Gasteiger partial charge < -0.3 is 19.6 Å². The van der Waals surface area contributed by atoms with Crippen LogP contribution in [-0.4, -0.2) is 89.3 Å². The summed E-state index contributed by atoms with van der Waals surface area (Å²) < 4.78 is 5.34. The van der Waals surface area contributed by atoms with Gasteiger partial charge in [-0.25, -0.2) is 4.79 Å². The molecule has 7 heteroatoms. The Bertz CT molecular complexity index is 418. The molecule has 1 fully saturated rings. The second-order valence-electron chi connectivity index (χ2n) is 7.83. The Morgan fingerprint density at radius 3 is 1.96 bits per heavy atom. The number of nitrogens with zero attached hydrogens (tertiary/aromatic N) is 3. The highest BCUT2D eigenvalue weighted by molar-refractivity contribution is 5.78. The number of rotatable bonds is 4. The molecular weight excluding hydrogens is 298 g/mol. The predicted molar refractivity (Wildman–Crippen MR) is 88.2 cm³/mol. The van der Waals surface area contributed by atoms with Gasteiger partial charge in [0.25, 0.3) is 0 Å². The minimum absolute atomic E-state index is 0.0144. The first-order valence-corrected chi connectivity index (χ1v) is 8.04. The molecule has 1 rings (SSSR count). The molecule has 7 nitrogen and oxygen atoms in total. The van der Waals surface area contributed by atoms with E-state index in [0.29, 0.717) is 32.7 Å². The highest BCUT2D eigenvalue weighted by Crippen LogP contribution is 2.12. The molecule has 1 aliphatic heterocycles. The minimum atomic E-state index is -0.829. The fourth-order valence-electron chi connectivity index (χ4n) is 2.51. The van der Waals surface area contributed by atoms with E-state index in [9.17, 15) is 14.7 Å². The van der Waals surface area contributed by atoms with Crippen LogP contribution in [0.2, 0.25) is 0 Å². The summed E-state index contributed by atoms with van der Waals surface area (Å²) in [5.74, 6) is 0.0144. The predicted octanol–water partition coefficient (Wildman–Crippen LogP) is 0.768. The van der Waals surface area contributed by atoms with Crippen molar-refractivity contribution in [3.8, 4) is 0 Å². The zero-order valence-corrected chi connectivity index (χ0v) is 15.3. The zero-order valence-electron chi connectivity index (χ0n) is 15.3. The van der Waals surface area contributed by atoms with Gasteiger partial charge in [-0.2, -0.15) is 0 Å². The molecule has 1 N–H and O–H groups in total. The zero-order chi connectivity index (χ0) is 17.8. The Labute approximate surface area is 139 Å². The van der Waals surface area contributed by atoms with E-state index in [0.717, 1.165) is 0 Å². The molecular formula is C16H31N3O4. The SMILES string of the molecule is CN(CC(=O)N1CCN(C(=O)OC(C)(C)C)CC1)CC(C)(C)O. The summed E-state index contributed by atoms with van der Waals surface area (Å²) in [6.07, 6.45) is -0.330. The molecule has 0 radical (unpaired) electrons. The van der Waals surface area contributed by atoms with Crippen molar-refractivity contribution < 1.29 is 19.4 Å². The molecule has 0 atom stereocenters. The van der Waals surface area contributed by atoms with Crippen LogP contribution in [0.15, 0.2) is 0 Å². The van der Waals surface area contributed by atoms with E-state index in [1.165, 1.54) is 0 Å². The van der Waals surface area contributed by atoms with Gasteiger partial charge in [-0.05, 0) is 41.7 Å². The topological polar surface area (TPSA) is 73.3 Å². The van der Waals surface area contributed by atoms with Crippen molar-refractivity contribution in [1.29, 1.82) is 0 Å². The van der Waals surface area contributed by atoms with Gasteiger partial charge in [-0.15, -0.1) is 0 Å². The molecule has 0 aromatic carbocycles. The van der Waals surface area contributed by atoms with Gasteiger partial charge in [0, 0.05) is 32.7 Å². The van der Waals surface area contributed by atoms with Gasteiger partial charge in [0.05, 0.1) is 12.1 Å². The molecule has 23 heavy (non-hydrogen) atoms. The second kappa shape index (κ2) is 7.49. The van der Waals surface area contributed by atoms with Gasteiger partial charge in [-0.1, -0.05) is 0 Å². The quantitative estimate of drug-likeness (QED) is 0.825. The molecule has 0 aromatic heterocycles. The molecule has 0 aromatic rings. The van der Waals surface area contributed by atoms with Crippen LogP contribution in [0.3, 0.4) is 0 Å². The van der Waals surface area contributed by atoms with Gasteiger partial charge in [0.1, 0.15) is 5.60 Å². The smallest absolute Gasteiger partial charge is 0.410 e. The number of amides is 2. The van der Waals surface area contributed by atoms with Crippen molar-refractivity contribution >= 4 is 12.0 Å². The number of carbonyl (C=O) groups is 2. The van der Waals surface area contributed by atoms with Crippen molar-refractivity contribution in [2.75, 3.05) is 46.3 Å². The van der Waals surface area contributed by atoms with Crippen molar-refractivity contribution in [3.63, 3.8) is 0 Å². The van der Waals surface area contributed by atoms with E-state index in [4.69, 9.17) is 4.74 Å². The third-order valence-electron chi connectivity index (χ3n) is 3.35. The second-order valence-corrected chi connectivity index (χ2v) is 7.83.